The van der Waals surface area contributed by atoms with Crippen LogP contribution in [0.3, 0.4) is 0 Å². The van der Waals surface area contributed by atoms with E-state index < -0.39 is 0 Å². The van der Waals surface area contributed by atoms with Crippen molar-refractivity contribution in [1.82, 2.24) is 5.32 Å². The van der Waals surface area contributed by atoms with Gasteiger partial charge >= 0.3 is 0 Å². The molecule has 0 saturated carbocycles. The Bertz CT molecular complexity index is 396. The Morgan fingerprint density at radius 3 is 2.44 bits per heavy atom. The number of anilines is 2. The Kier molecular flexibility index (Phi) is 5.07. The van der Waals surface area contributed by atoms with Crippen LogP contribution in [0.25, 0.3) is 0 Å². The second-order valence-corrected chi connectivity index (χ2v) is 4.84. The molecule has 1 heterocycles. The number of nitrogens with zero attached hydrogens (tertiary/aromatic N) is 1. The summed E-state index contributed by atoms with van der Waals surface area (Å²) in [4.78, 5) is 4.25. The van der Waals surface area contributed by atoms with Crippen molar-refractivity contribution in [2.75, 3.05) is 24.1 Å². The number of hydrogen-bond donors (Lipinski definition) is 3. The van der Waals surface area contributed by atoms with Gasteiger partial charge in [-0.1, -0.05) is 0 Å². The molecular weight excluding hydrogens is 404 g/mol. The minimum absolute atomic E-state index is 0. The van der Waals surface area contributed by atoms with Gasteiger partial charge in [0.2, 0.25) is 0 Å². The first kappa shape index (κ1) is 13.8. The average molecular weight is 415 g/mol. The van der Waals surface area contributed by atoms with Crippen LogP contribution in [0, 0.1) is 0 Å². The predicted molar refractivity (Wildman–Crippen MR) is 80.5 cm³/mol. The molecule has 16 heavy (non-hydrogen) atoms. The van der Waals surface area contributed by atoms with Gasteiger partial charge in [-0.25, -0.2) is 0 Å². The van der Waals surface area contributed by atoms with Gasteiger partial charge in [0.15, 0.2) is 5.96 Å². The lowest BCUT2D eigenvalue weighted by Crippen LogP contribution is -2.26. The maximum atomic E-state index is 5.79. The van der Waals surface area contributed by atoms with Crippen molar-refractivity contribution in [2.24, 2.45) is 4.99 Å². The highest BCUT2D eigenvalue weighted by Gasteiger charge is 2.08. The number of aliphatic imine (C=N–C) groups is 1. The third-order valence-electron chi connectivity index (χ3n) is 2.02. The molecular formula is C9H11Br3N4. The highest BCUT2D eigenvalue weighted by atomic mass is 79.9. The number of nitrogens with one attached hydrogen (secondary N) is 2. The van der Waals surface area contributed by atoms with E-state index in [0.29, 0.717) is 5.69 Å². The average Bonchev–Trinajstić information content (AvgIpc) is 2.66. The summed E-state index contributed by atoms with van der Waals surface area (Å²) in [5, 5.41) is 6.31. The molecule has 1 aliphatic rings. The fourth-order valence-electron chi connectivity index (χ4n) is 1.27. The zero-order valence-corrected chi connectivity index (χ0v) is 13.1. The summed E-state index contributed by atoms with van der Waals surface area (Å²) >= 11 is 6.78. The van der Waals surface area contributed by atoms with Crippen molar-refractivity contribution in [3.05, 3.63) is 21.1 Å². The van der Waals surface area contributed by atoms with E-state index in [1.807, 2.05) is 12.1 Å². The summed E-state index contributed by atoms with van der Waals surface area (Å²) in [5.41, 5.74) is 7.43. The van der Waals surface area contributed by atoms with Crippen molar-refractivity contribution in [2.45, 2.75) is 0 Å². The topological polar surface area (TPSA) is 62.4 Å². The SMILES string of the molecule is Br.Nc1c(Br)cc(NC2=NCCN2)cc1Br. The summed E-state index contributed by atoms with van der Waals surface area (Å²) in [5.74, 6) is 0.804. The van der Waals surface area contributed by atoms with Crippen molar-refractivity contribution in [3.8, 4) is 0 Å². The number of nitrogens with two attached hydrogens (primary N) is 1. The molecule has 0 fully saturated rings. The van der Waals surface area contributed by atoms with Gasteiger partial charge in [0.25, 0.3) is 0 Å². The van der Waals surface area contributed by atoms with Crippen LogP contribution >= 0.6 is 48.8 Å². The zero-order chi connectivity index (χ0) is 10.8. The van der Waals surface area contributed by atoms with Crippen LogP contribution in [0.15, 0.2) is 26.1 Å². The molecule has 1 aromatic carbocycles. The van der Waals surface area contributed by atoms with E-state index in [2.05, 4.69) is 47.5 Å². The van der Waals surface area contributed by atoms with Crippen LogP contribution in [0.1, 0.15) is 0 Å². The first-order valence-corrected chi connectivity index (χ1v) is 6.05. The summed E-state index contributed by atoms with van der Waals surface area (Å²) in [6.45, 7) is 1.71. The van der Waals surface area contributed by atoms with Gasteiger partial charge in [0.05, 0.1) is 12.2 Å². The van der Waals surface area contributed by atoms with E-state index in [9.17, 15) is 0 Å². The van der Waals surface area contributed by atoms with E-state index in [-0.39, 0.29) is 17.0 Å². The lowest BCUT2D eigenvalue weighted by Gasteiger charge is -2.09. The van der Waals surface area contributed by atoms with Gasteiger partial charge in [-0.3, -0.25) is 4.99 Å². The van der Waals surface area contributed by atoms with Crippen LogP contribution in [-0.4, -0.2) is 19.0 Å². The summed E-state index contributed by atoms with van der Waals surface area (Å²) in [6.07, 6.45) is 0. The Hall–Kier alpha value is -0.270. The molecule has 2 rings (SSSR count). The van der Waals surface area contributed by atoms with Gasteiger partial charge in [0.1, 0.15) is 0 Å². The van der Waals surface area contributed by atoms with Crippen LogP contribution in [0.4, 0.5) is 11.4 Å². The minimum Gasteiger partial charge on any atom is -0.397 e. The molecule has 0 bridgehead atoms. The number of hydrogen-bond acceptors (Lipinski definition) is 4. The Balaban J connectivity index is 0.00000128. The first-order valence-electron chi connectivity index (χ1n) is 4.46. The molecule has 0 radical (unpaired) electrons. The molecule has 0 aliphatic carbocycles. The largest absolute Gasteiger partial charge is 0.397 e. The molecule has 0 saturated heterocycles. The molecule has 7 heteroatoms. The normalized spacial score (nSPS) is 13.8. The molecule has 4 N–H and O–H groups in total. The number of nitrogen functional groups attached to an aromatic ring is 1. The van der Waals surface area contributed by atoms with Crippen molar-refractivity contribution in [1.29, 1.82) is 0 Å². The van der Waals surface area contributed by atoms with Gasteiger partial charge < -0.3 is 16.4 Å². The van der Waals surface area contributed by atoms with Gasteiger partial charge in [-0.15, -0.1) is 17.0 Å². The fourth-order valence-corrected chi connectivity index (χ4v) is 2.46. The Morgan fingerprint density at radius 2 is 1.94 bits per heavy atom. The molecule has 88 valence electrons. The second-order valence-electron chi connectivity index (χ2n) is 3.14. The quantitative estimate of drug-likeness (QED) is 0.619. The van der Waals surface area contributed by atoms with Gasteiger partial charge in [-0.2, -0.15) is 0 Å². The van der Waals surface area contributed by atoms with E-state index in [0.717, 1.165) is 33.7 Å². The summed E-state index contributed by atoms with van der Waals surface area (Å²) in [6, 6.07) is 3.84. The first-order chi connectivity index (χ1) is 7.16. The van der Waals surface area contributed by atoms with Gasteiger partial charge in [0, 0.05) is 21.2 Å². The van der Waals surface area contributed by atoms with E-state index in [1.165, 1.54) is 0 Å². The minimum atomic E-state index is 0. The summed E-state index contributed by atoms with van der Waals surface area (Å²) in [7, 11) is 0. The maximum absolute atomic E-state index is 5.79. The molecule has 4 nitrogen and oxygen atoms in total. The lowest BCUT2D eigenvalue weighted by molar-refractivity contribution is 0.959. The highest BCUT2D eigenvalue weighted by Crippen LogP contribution is 2.31. The maximum Gasteiger partial charge on any atom is 0.195 e. The molecule has 0 aromatic heterocycles. The standard InChI is InChI=1S/C9H10Br2N4.BrH/c10-6-3-5(4-7(11)8(6)12)15-9-13-1-2-14-9;/h3-4H,1-2,12H2,(H2,13,14,15);1H. The Labute approximate surface area is 121 Å². The lowest BCUT2D eigenvalue weighted by atomic mass is 10.3. The molecule has 0 spiro atoms. The van der Waals surface area contributed by atoms with Crippen LogP contribution in [0.5, 0.6) is 0 Å². The third-order valence-corrected chi connectivity index (χ3v) is 3.33. The zero-order valence-electron chi connectivity index (χ0n) is 8.26. The molecule has 1 aliphatic heterocycles. The smallest absolute Gasteiger partial charge is 0.195 e. The number of halogens is 3. The molecule has 1 aromatic rings. The van der Waals surface area contributed by atoms with Crippen molar-refractivity contribution >= 4 is 66.2 Å². The van der Waals surface area contributed by atoms with Crippen LogP contribution in [0.2, 0.25) is 0 Å². The van der Waals surface area contributed by atoms with Crippen molar-refractivity contribution < 1.29 is 0 Å². The van der Waals surface area contributed by atoms with Gasteiger partial charge in [-0.05, 0) is 44.0 Å². The van der Waals surface area contributed by atoms with Crippen LogP contribution < -0.4 is 16.4 Å². The van der Waals surface area contributed by atoms with Crippen LogP contribution in [-0.2, 0) is 0 Å². The van der Waals surface area contributed by atoms with E-state index in [4.69, 9.17) is 5.73 Å². The number of guanidine groups is 1. The summed E-state index contributed by atoms with van der Waals surface area (Å²) < 4.78 is 1.72. The molecule has 0 unspecified atom stereocenters. The number of benzene rings is 1. The third kappa shape index (κ3) is 3.11. The highest BCUT2D eigenvalue weighted by molar-refractivity contribution is 9.11. The fraction of sp³-hybridized carbons (Fsp3) is 0.222. The Morgan fingerprint density at radius 1 is 1.31 bits per heavy atom. The second kappa shape index (κ2) is 5.88. The van der Waals surface area contributed by atoms with E-state index in [1.54, 1.807) is 0 Å². The monoisotopic (exact) mass is 412 g/mol. The molecule has 0 amide bonds. The van der Waals surface area contributed by atoms with E-state index >= 15 is 0 Å². The van der Waals surface area contributed by atoms with Crippen molar-refractivity contribution in [3.63, 3.8) is 0 Å². The molecule has 0 atom stereocenters. The number of rotatable bonds is 1. The predicted octanol–water partition coefficient (Wildman–Crippen LogP) is 2.74.